The molecule has 0 spiro atoms. The third-order valence-electron chi connectivity index (χ3n) is 25.5. The lowest BCUT2D eigenvalue weighted by Gasteiger charge is -2.31. The first-order valence-electron chi connectivity index (χ1n) is 43.3. The van der Waals surface area contributed by atoms with Crippen LogP contribution in [0.5, 0.6) is 11.5 Å². The number of nitrogen functional groups attached to an aromatic ring is 4. The fourth-order valence-electron chi connectivity index (χ4n) is 18.4. The summed E-state index contributed by atoms with van der Waals surface area (Å²) in [5.74, 6) is 6.20. The van der Waals surface area contributed by atoms with Gasteiger partial charge in [-0.25, -0.2) is 74.5 Å². The predicted molar refractivity (Wildman–Crippen MR) is 502 cm³/mol. The van der Waals surface area contributed by atoms with E-state index in [0.29, 0.717) is 118 Å². The Kier molecular flexibility index (Phi) is 22.3. The van der Waals surface area contributed by atoms with Crippen molar-refractivity contribution in [1.29, 1.82) is 0 Å². The molecule has 3 saturated heterocycles. The topological polar surface area (TPSA) is 431 Å². The van der Waals surface area contributed by atoms with Crippen LogP contribution in [0.1, 0.15) is 110 Å². The number of pyridine rings is 1. The second-order valence-corrected chi connectivity index (χ2v) is 39.1. The Hall–Kier alpha value is -14.4. The number of para-hydroxylation sites is 3. The zero-order valence-corrected chi connectivity index (χ0v) is 74.1. The summed E-state index contributed by atoms with van der Waals surface area (Å²) >= 11 is 0. The first-order chi connectivity index (χ1) is 63.5. The SMILES string of the molecule is COc1ccc(OC)c(S(=O)(=O)N2CCC(c3nc(-c4cc5ccccc5[nH]4)c4c(N)nccn34)CC2)c1.Cc1ccc(S(=O)(=O)N2CCC(c3nc(-c4cc5ccccc5[nH]4)c4c(N)nccn34)CC2)cc1.Nc1nccn2c(C3CCC3)nc(-c3cc4cccnc4[nH]3)c12.Nc1nccn2c(C3CCN(S(=O)(=O)c4cccc(F)c4)CC3)nc(-c3cc4ccccc4[nH]3)c12. The number of fused-ring (bicyclic) bond motifs is 8. The van der Waals surface area contributed by atoms with Gasteiger partial charge in [0.15, 0.2) is 0 Å². The van der Waals surface area contributed by atoms with Crippen LogP contribution < -0.4 is 32.4 Å². The number of aryl methyl sites for hydroxylation is 1. The molecular weight excluding hydrogens is 1720 g/mol. The number of benzene rings is 6. The van der Waals surface area contributed by atoms with Gasteiger partial charge in [-0.3, -0.25) is 17.6 Å². The highest BCUT2D eigenvalue weighted by Gasteiger charge is 2.38. The van der Waals surface area contributed by atoms with Gasteiger partial charge in [0.1, 0.15) is 119 Å². The molecule has 4 aliphatic rings. The lowest BCUT2D eigenvalue weighted by molar-refractivity contribution is 0.311. The molecule has 6 aromatic carbocycles. The van der Waals surface area contributed by atoms with Crippen LogP contribution in [0.15, 0.2) is 246 Å². The highest BCUT2D eigenvalue weighted by atomic mass is 32.2. The van der Waals surface area contributed by atoms with Crippen molar-refractivity contribution in [1.82, 2.24) is 95.3 Å². The minimum atomic E-state index is -3.78. The van der Waals surface area contributed by atoms with Gasteiger partial charge in [-0.15, -0.1) is 0 Å². The minimum Gasteiger partial charge on any atom is -0.497 e. The molecule has 16 heterocycles. The number of hydrogen-bond donors (Lipinski definition) is 8. The van der Waals surface area contributed by atoms with Crippen molar-refractivity contribution in [2.24, 2.45) is 0 Å². The number of nitrogens with one attached hydrogen (secondary N) is 4. The number of hydrogen-bond acceptors (Lipinski definition) is 21. The Morgan fingerprint density at radius 1 is 0.366 bits per heavy atom. The number of H-pyrrole nitrogens is 4. The second-order valence-electron chi connectivity index (χ2n) is 33.3. The molecule has 1 aliphatic carbocycles. The van der Waals surface area contributed by atoms with Gasteiger partial charge in [0.25, 0.3) is 0 Å². The van der Waals surface area contributed by atoms with Crippen LogP contribution in [-0.4, -0.2) is 174 Å². The molecule has 131 heavy (non-hydrogen) atoms. The van der Waals surface area contributed by atoms with Crippen LogP contribution in [0.25, 0.3) is 111 Å². The molecule has 36 heteroatoms. The summed E-state index contributed by atoms with van der Waals surface area (Å²) in [6.07, 6.45) is 23.5. The van der Waals surface area contributed by atoms with Gasteiger partial charge in [0.05, 0.1) is 46.8 Å². The normalized spacial score (nSPS) is 15.6. The van der Waals surface area contributed by atoms with E-state index in [1.54, 1.807) is 59.6 Å². The molecule has 3 aliphatic heterocycles. The van der Waals surface area contributed by atoms with E-state index in [1.165, 1.54) is 66.4 Å². The highest BCUT2D eigenvalue weighted by Crippen LogP contribution is 2.44. The van der Waals surface area contributed by atoms with Crippen LogP contribution in [-0.2, 0) is 30.1 Å². The summed E-state index contributed by atoms with van der Waals surface area (Å²) < 4.78 is 116. The van der Waals surface area contributed by atoms with Crippen LogP contribution in [0.3, 0.4) is 0 Å². The van der Waals surface area contributed by atoms with Gasteiger partial charge < -0.3 is 52.3 Å². The Morgan fingerprint density at radius 3 is 1.11 bits per heavy atom. The molecule has 666 valence electrons. The van der Waals surface area contributed by atoms with Crippen molar-refractivity contribution in [2.45, 2.75) is 103 Å². The van der Waals surface area contributed by atoms with Crippen molar-refractivity contribution in [3.8, 4) is 57.1 Å². The molecule has 13 aromatic heterocycles. The third kappa shape index (κ3) is 15.9. The smallest absolute Gasteiger partial charge is 0.246 e. The number of imidazole rings is 4. The van der Waals surface area contributed by atoms with Crippen molar-refractivity contribution in [3.63, 3.8) is 0 Å². The molecule has 0 atom stereocenters. The predicted octanol–water partition coefficient (Wildman–Crippen LogP) is 15.7. The van der Waals surface area contributed by atoms with Gasteiger partial charge in [0, 0.05) is 163 Å². The summed E-state index contributed by atoms with van der Waals surface area (Å²) in [5, 5.41) is 4.32. The summed E-state index contributed by atoms with van der Waals surface area (Å²) in [6, 6.07) is 53.3. The summed E-state index contributed by atoms with van der Waals surface area (Å²) in [4.78, 5) is 55.6. The van der Waals surface area contributed by atoms with Crippen LogP contribution in [0.2, 0.25) is 0 Å². The Labute approximate surface area is 751 Å². The third-order valence-corrected chi connectivity index (χ3v) is 31.2. The number of sulfonamides is 3. The Morgan fingerprint density at radius 2 is 0.740 bits per heavy atom. The second kappa shape index (κ2) is 34.5. The number of methoxy groups -OCH3 is 2. The molecule has 0 bridgehead atoms. The van der Waals surface area contributed by atoms with Crippen LogP contribution in [0, 0.1) is 12.7 Å². The fraction of sp³-hybridized carbons (Fsp3) is 0.232. The average Bonchev–Trinajstić information content (AvgIpc) is 1.61. The first-order valence-corrected chi connectivity index (χ1v) is 47.6. The molecule has 32 nitrogen and oxygen atoms in total. The molecule has 0 amide bonds. The number of anilines is 4. The number of piperidine rings is 3. The van der Waals surface area contributed by atoms with Crippen molar-refractivity contribution >= 4 is 119 Å². The monoisotopic (exact) mass is 1810 g/mol. The van der Waals surface area contributed by atoms with E-state index < -0.39 is 35.9 Å². The number of ether oxygens (including phenoxy) is 2. The van der Waals surface area contributed by atoms with E-state index in [0.717, 1.165) is 146 Å². The van der Waals surface area contributed by atoms with Gasteiger partial charge in [-0.1, -0.05) is 84.8 Å². The van der Waals surface area contributed by atoms with Crippen LogP contribution >= 0.6 is 0 Å². The Balaban J connectivity index is 0.000000110. The van der Waals surface area contributed by atoms with Crippen molar-refractivity contribution in [2.75, 3.05) is 76.4 Å². The lowest BCUT2D eigenvalue weighted by Crippen LogP contribution is -2.38. The molecule has 19 aromatic rings. The standard InChI is InChI=1S/C27H28N6O4S.C26H26N6O2S.C25H23FN6O2S.C17H16N6/c1-36-19-7-8-22(37-2)23(16-19)38(34,35)32-12-9-17(10-13-32)27-31-24(25-26(28)29-11-14-33(25)27)21-15-18-5-3-4-6-20(18)30-21;1-17-6-8-20(9-7-17)35(33,34)31-13-10-18(11-14-31)26-30-23(24-25(27)28-12-15-32(24)26)22-16-19-4-2-3-5-21(19)29-22;26-18-5-3-6-19(15-18)35(33,34)31-11-8-16(9-12-31)25-30-22(23-24(27)28-10-13-32(23)25)21-14-17-4-1-2-7-20(17)29-21;18-15-14-13(12-9-11-5-2-6-20-16(11)21-12)22-17(10-3-1-4-10)23(14)8-7-19-15/h3-8,11,14-17,30H,9-10,12-13H2,1-2H3,(H2,28,29);2-9,12,15-16,18,29H,10-11,13-14H2,1H3,(H2,27,28);1-7,10,13-16,29H,8-9,11-12H2,(H2,27,28);2,5-10H,1,3-4H2,(H2,18,19)(H,20,21). The number of aromatic nitrogens is 17. The van der Waals surface area contributed by atoms with E-state index in [-0.39, 0.29) is 33.3 Å². The number of aromatic amines is 4. The molecule has 0 radical (unpaired) electrons. The lowest BCUT2D eigenvalue weighted by atomic mass is 9.85. The van der Waals surface area contributed by atoms with E-state index in [1.807, 2.05) is 142 Å². The van der Waals surface area contributed by atoms with Gasteiger partial charge >= 0.3 is 0 Å². The van der Waals surface area contributed by atoms with Gasteiger partial charge in [0.2, 0.25) is 30.1 Å². The maximum atomic E-state index is 13.6. The summed E-state index contributed by atoms with van der Waals surface area (Å²) in [7, 11) is -8.09. The number of halogens is 1. The number of nitrogens with two attached hydrogens (primary N) is 4. The number of nitrogens with zero attached hydrogens (tertiary/aromatic N) is 16. The van der Waals surface area contributed by atoms with Crippen LogP contribution in [0.4, 0.5) is 27.7 Å². The summed E-state index contributed by atoms with van der Waals surface area (Å²) in [6.45, 7) is 4.18. The van der Waals surface area contributed by atoms with Crippen molar-refractivity contribution < 1.29 is 39.1 Å². The molecule has 23 rings (SSSR count). The van der Waals surface area contributed by atoms with Gasteiger partial charge in [-0.05, 0) is 155 Å². The van der Waals surface area contributed by atoms with E-state index in [9.17, 15) is 29.6 Å². The van der Waals surface area contributed by atoms with Crippen molar-refractivity contribution in [3.05, 3.63) is 266 Å². The fourth-order valence-corrected chi connectivity index (χ4v) is 23.0. The molecular formula is C95H93FN24O8S3. The average molecular weight is 1810 g/mol. The maximum Gasteiger partial charge on any atom is 0.246 e. The molecule has 4 fully saturated rings. The molecule has 12 N–H and O–H groups in total. The zero-order chi connectivity index (χ0) is 90.1. The first kappa shape index (κ1) is 84.7. The zero-order valence-electron chi connectivity index (χ0n) is 71.7. The van der Waals surface area contributed by atoms with E-state index in [4.69, 9.17) is 52.3 Å². The number of rotatable bonds is 16. The van der Waals surface area contributed by atoms with E-state index in [2.05, 4.69) is 73.5 Å². The van der Waals surface area contributed by atoms with Gasteiger partial charge in [-0.2, -0.15) is 12.9 Å². The summed E-state index contributed by atoms with van der Waals surface area (Å²) in [5.41, 5.74) is 39.7. The molecule has 1 saturated carbocycles. The maximum absolute atomic E-state index is 13.6. The largest absolute Gasteiger partial charge is 0.497 e. The Bertz CT molecular complexity index is 7800. The highest BCUT2D eigenvalue weighted by molar-refractivity contribution is 7.89. The minimum absolute atomic E-state index is 0.0258. The molecule has 0 unspecified atom stereocenters. The van der Waals surface area contributed by atoms with E-state index >= 15 is 0 Å². The quantitative estimate of drug-likeness (QED) is 0.0445.